The molecule has 0 radical (unpaired) electrons. The Morgan fingerprint density at radius 1 is 1.50 bits per heavy atom. The monoisotopic (exact) mass is 248 g/mol. The van der Waals surface area contributed by atoms with Crippen LogP contribution in [0.25, 0.3) is 0 Å². The Hall–Kier alpha value is -1.36. The molecule has 18 heavy (non-hydrogen) atoms. The third-order valence-electron chi connectivity index (χ3n) is 4.18. The lowest BCUT2D eigenvalue weighted by molar-refractivity contribution is -0.125. The molecule has 1 aliphatic heterocycles. The molecule has 0 saturated heterocycles. The van der Waals surface area contributed by atoms with E-state index < -0.39 is 0 Å². The number of hydrogen-bond donors (Lipinski definition) is 3. The number of fused-ring (bicyclic) bond motifs is 1. The van der Waals surface area contributed by atoms with Gasteiger partial charge in [-0.05, 0) is 19.8 Å². The molecule has 0 spiro atoms. The van der Waals surface area contributed by atoms with Gasteiger partial charge in [-0.1, -0.05) is 12.8 Å². The smallest absolute Gasteiger partial charge is 0.237 e. The number of carbonyl (C=O) groups is 1. The zero-order valence-electron chi connectivity index (χ0n) is 10.8. The minimum atomic E-state index is -0.141. The highest BCUT2D eigenvalue weighted by atomic mass is 16.2. The summed E-state index contributed by atoms with van der Waals surface area (Å²) in [4.78, 5) is 19.6. The van der Waals surface area contributed by atoms with Crippen molar-refractivity contribution in [2.24, 2.45) is 0 Å². The van der Waals surface area contributed by atoms with E-state index in [0.29, 0.717) is 13.0 Å². The summed E-state index contributed by atoms with van der Waals surface area (Å²) < 4.78 is 0. The summed E-state index contributed by atoms with van der Waals surface area (Å²) in [5.74, 6) is 0.119. The number of imidazole rings is 1. The van der Waals surface area contributed by atoms with Crippen LogP contribution in [0.1, 0.15) is 44.0 Å². The van der Waals surface area contributed by atoms with Crippen LogP contribution in [0.15, 0.2) is 6.33 Å². The molecule has 1 aromatic rings. The van der Waals surface area contributed by atoms with Crippen molar-refractivity contribution < 1.29 is 4.79 Å². The average Bonchev–Trinajstić information content (AvgIpc) is 2.96. The van der Waals surface area contributed by atoms with Crippen LogP contribution in [-0.4, -0.2) is 27.5 Å². The van der Waals surface area contributed by atoms with Crippen molar-refractivity contribution in [3.05, 3.63) is 17.7 Å². The molecule has 1 aromatic heterocycles. The van der Waals surface area contributed by atoms with Crippen molar-refractivity contribution in [1.29, 1.82) is 0 Å². The van der Waals surface area contributed by atoms with Crippen molar-refractivity contribution in [3.63, 3.8) is 0 Å². The number of rotatable bonds is 2. The fraction of sp³-hybridized carbons (Fsp3) is 0.692. The molecule has 3 N–H and O–H groups in total. The Labute approximate surface area is 107 Å². The van der Waals surface area contributed by atoms with E-state index in [1.54, 1.807) is 6.33 Å². The first-order valence-corrected chi connectivity index (χ1v) is 6.73. The van der Waals surface area contributed by atoms with E-state index in [-0.39, 0.29) is 17.5 Å². The second kappa shape index (κ2) is 4.39. The van der Waals surface area contributed by atoms with E-state index >= 15 is 0 Å². The maximum atomic E-state index is 12.3. The third-order valence-corrected chi connectivity index (χ3v) is 4.18. The Morgan fingerprint density at radius 2 is 2.28 bits per heavy atom. The molecule has 1 saturated carbocycles. The van der Waals surface area contributed by atoms with Gasteiger partial charge in [0.15, 0.2) is 0 Å². The molecular weight excluding hydrogens is 228 g/mol. The Morgan fingerprint density at radius 3 is 3.06 bits per heavy atom. The van der Waals surface area contributed by atoms with Gasteiger partial charge < -0.3 is 10.3 Å². The highest BCUT2D eigenvalue weighted by molar-refractivity contribution is 5.83. The molecule has 0 bridgehead atoms. The summed E-state index contributed by atoms with van der Waals surface area (Å²) in [5.41, 5.74) is 2.13. The van der Waals surface area contributed by atoms with Crippen LogP contribution in [-0.2, 0) is 17.8 Å². The van der Waals surface area contributed by atoms with E-state index in [1.807, 2.05) is 0 Å². The van der Waals surface area contributed by atoms with Crippen molar-refractivity contribution >= 4 is 5.91 Å². The molecule has 1 unspecified atom stereocenters. The molecule has 1 amide bonds. The average molecular weight is 248 g/mol. The molecule has 5 nitrogen and oxygen atoms in total. The number of carbonyl (C=O) groups excluding carboxylic acids is 1. The molecule has 1 atom stereocenters. The summed E-state index contributed by atoms with van der Waals surface area (Å²) in [5, 5.41) is 6.48. The SMILES string of the molecule is CC1(NC(=O)C2Cc3nc[nH]c3CN2)CCCC1. The second-order valence-electron chi connectivity index (χ2n) is 5.72. The van der Waals surface area contributed by atoms with Crippen LogP contribution in [0, 0.1) is 0 Å². The number of nitrogens with one attached hydrogen (secondary N) is 3. The van der Waals surface area contributed by atoms with E-state index in [4.69, 9.17) is 0 Å². The largest absolute Gasteiger partial charge is 0.350 e. The van der Waals surface area contributed by atoms with E-state index in [2.05, 4.69) is 27.5 Å². The maximum absolute atomic E-state index is 12.3. The van der Waals surface area contributed by atoms with Gasteiger partial charge in [0.25, 0.3) is 0 Å². The lowest BCUT2D eigenvalue weighted by atomic mass is 9.98. The normalized spacial score (nSPS) is 25.7. The van der Waals surface area contributed by atoms with Crippen molar-refractivity contribution in [2.75, 3.05) is 0 Å². The van der Waals surface area contributed by atoms with E-state index in [0.717, 1.165) is 24.2 Å². The van der Waals surface area contributed by atoms with Crippen molar-refractivity contribution in [3.8, 4) is 0 Å². The zero-order valence-corrected chi connectivity index (χ0v) is 10.8. The quantitative estimate of drug-likeness (QED) is 0.727. The van der Waals surface area contributed by atoms with Crippen LogP contribution < -0.4 is 10.6 Å². The van der Waals surface area contributed by atoms with Gasteiger partial charge in [-0.15, -0.1) is 0 Å². The van der Waals surface area contributed by atoms with Gasteiger partial charge >= 0.3 is 0 Å². The van der Waals surface area contributed by atoms with Gasteiger partial charge in [-0.3, -0.25) is 10.1 Å². The summed E-state index contributed by atoms with van der Waals surface area (Å²) in [6.07, 6.45) is 7.01. The van der Waals surface area contributed by atoms with Crippen LogP contribution in [0.3, 0.4) is 0 Å². The molecular formula is C13H20N4O. The van der Waals surface area contributed by atoms with Crippen molar-refractivity contribution in [1.82, 2.24) is 20.6 Å². The van der Waals surface area contributed by atoms with Gasteiger partial charge in [0.1, 0.15) is 0 Å². The van der Waals surface area contributed by atoms with Gasteiger partial charge in [0.05, 0.1) is 23.8 Å². The first-order valence-electron chi connectivity index (χ1n) is 6.73. The van der Waals surface area contributed by atoms with Crippen LogP contribution in [0.4, 0.5) is 0 Å². The predicted octanol–water partition coefficient (Wildman–Crippen LogP) is 0.873. The highest BCUT2D eigenvalue weighted by Crippen LogP contribution is 2.29. The fourth-order valence-corrected chi connectivity index (χ4v) is 3.02. The predicted molar refractivity (Wildman–Crippen MR) is 67.9 cm³/mol. The Balaban J connectivity index is 1.64. The number of hydrogen-bond acceptors (Lipinski definition) is 3. The van der Waals surface area contributed by atoms with Crippen LogP contribution in [0.2, 0.25) is 0 Å². The number of aromatic amines is 1. The molecule has 2 aliphatic rings. The highest BCUT2D eigenvalue weighted by Gasteiger charge is 2.33. The standard InChI is InChI=1S/C13H20N4O/c1-13(4-2-3-5-13)17-12(18)10-6-9-11(7-14-10)16-8-15-9/h8,10,14H,2-7H2,1H3,(H,15,16)(H,17,18). The number of H-pyrrole nitrogens is 1. The fourth-order valence-electron chi connectivity index (χ4n) is 3.02. The first-order chi connectivity index (χ1) is 8.66. The minimum absolute atomic E-state index is 0.00458. The molecule has 1 aliphatic carbocycles. The topological polar surface area (TPSA) is 69.8 Å². The first kappa shape index (κ1) is 11.7. The van der Waals surface area contributed by atoms with Crippen LogP contribution >= 0.6 is 0 Å². The lowest BCUT2D eigenvalue weighted by Crippen LogP contribution is -2.54. The second-order valence-corrected chi connectivity index (χ2v) is 5.72. The van der Waals surface area contributed by atoms with Gasteiger partial charge in [0.2, 0.25) is 5.91 Å². The molecule has 2 heterocycles. The molecule has 0 aromatic carbocycles. The number of nitrogens with zero attached hydrogens (tertiary/aromatic N) is 1. The molecule has 3 rings (SSSR count). The van der Waals surface area contributed by atoms with Crippen molar-refractivity contribution in [2.45, 2.75) is 57.2 Å². The molecule has 1 fully saturated rings. The molecule has 5 heteroatoms. The van der Waals surface area contributed by atoms with Gasteiger partial charge in [-0.2, -0.15) is 0 Å². The van der Waals surface area contributed by atoms with Crippen LogP contribution in [0.5, 0.6) is 0 Å². The summed E-state index contributed by atoms with van der Waals surface area (Å²) >= 11 is 0. The number of aromatic nitrogens is 2. The summed E-state index contributed by atoms with van der Waals surface area (Å²) in [6, 6.07) is -0.141. The summed E-state index contributed by atoms with van der Waals surface area (Å²) in [6.45, 7) is 2.85. The van der Waals surface area contributed by atoms with Gasteiger partial charge in [0, 0.05) is 18.5 Å². The Kier molecular flexibility index (Phi) is 2.86. The number of amides is 1. The maximum Gasteiger partial charge on any atom is 0.237 e. The Bertz CT molecular complexity index is 448. The van der Waals surface area contributed by atoms with E-state index in [1.165, 1.54) is 12.8 Å². The lowest BCUT2D eigenvalue weighted by Gasteiger charge is -2.30. The zero-order chi connectivity index (χ0) is 12.6. The van der Waals surface area contributed by atoms with E-state index in [9.17, 15) is 4.79 Å². The third kappa shape index (κ3) is 2.14. The van der Waals surface area contributed by atoms with Gasteiger partial charge in [-0.25, -0.2) is 4.98 Å². The minimum Gasteiger partial charge on any atom is -0.350 e. The molecule has 98 valence electrons. The summed E-state index contributed by atoms with van der Waals surface area (Å²) in [7, 11) is 0.